The molecule has 2 aromatic rings. The van der Waals surface area contributed by atoms with Gasteiger partial charge in [-0.25, -0.2) is 0 Å². The molecule has 0 saturated carbocycles. The minimum atomic E-state index is -0.00657. The third-order valence-corrected chi connectivity index (χ3v) is 5.40. The number of fused-ring (bicyclic) bond motifs is 1. The Morgan fingerprint density at radius 2 is 2.17 bits per heavy atom. The number of aliphatic imine (C=N–C) groups is 1. The maximum atomic E-state index is 6.35. The highest BCUT2D eigenvalue weighted by Crippen LogP contribution is 2.38. The first kappa shape index (κ1) is 20.8. The monoisotopic (exact) mass is 433 g/mol. The second kappa shape index (κ2) is 9.57. The lowest BCUT2D eigenvalue weighted by molar-refractivity contribution is -0.00803. The fourth-order valence-corrected chi connectivity index (χ4v) is 3.96. The van der Waals surface area contributed by atoms with E-state index in [1.54, 1.807) is 4.68 Å². The van der Waals surface area contributed by atoms with Gasteiger partial charge in [-0.15, -0.1) is 0 Å². The summed E-state index contributed by atoms with van der Waals surface area (Å²) in [6.45, 7) is 6.81. The van der Waals surface area contributed by atoms with Gasteiger partial charge in [0.05, 0.1) is 24.4 Å². The second-order valence-corrected chi connectivity index (χ2v) is 7.75. The molecule has 1 atom stereocenters. The molecule has 1 aromatic carbocycles. The largest absolute Gasteiger partial charge is 0.486 e. The zero-order valence-corrected chi connectivity index (χ0v) is 18.2. The van der Waals surface area contributed by atoms with Crippen molar-refractivity contribution in [3.63, 3.8) is 0 Å². The van der Waals surface area contributed by atoms with E-state index in [1.807, 2.05) is 31.6 Å². The fourth-order valence-electron chi connectivity index (χ4n) is 3.68. The van der Waals surface area contributed by atoms with Crippen LogP contribution in [0.3, 0.4) is 0 Å². The molecule has 162 valence electrons. The van der Waals surface area contributed by atoms with Crippen molar-refractivity contribution in [1.82, 2.24) is 20.0 Å². The van der Waals surface area contributed by atoms with E-state index in [0.29, 0.717) is 42.9 Å². The quantitative estimate of drug-likeness (QED) is 0.576. The van der Waals surface area contributed by atoms with Gasteiger partial charge in [-0.1, -0.05) is 11.6 Å². The van der Waals surface area contributed by atoms with Crippen molar-refractivity contribution in [2.45, 2.75) is 19.4 Å². The molecular weight excluding hydrogens is 406 g/mol. The highest BCUT2D eigenvalue weighted by Gasteiger charge is 2.25. The van der Waals surface area contributed by atoms with Crippen molar-refractivity contribution < 1.29 is 14.2 Å². The number of halogens is 1. The van der Waals surface area contributed by atoms with Crippen LogP contribution >= 0.6 is 11.6 Å². The molecule has 1 saturated heterocycles. The Balaban J connectivity index is 1.42. The minimum Gasteiger partial charge on any atom is -0.486 e. The molecule has 30 heavy (non-hydrogen) atoms. The molecule has 2 aliphatic rings. The predicted octanol–water partition coefficient (Wildman–Crippen LogP) is 2.43. The molecule has 1 fully saturated rings. The Labute approximate surface area is 181 Å². The molecule has 0 aliphatic carbocycles. The summed E-state index contributed by atoms with van der Waals surface area (Å²) in [6, 6.07) is 3.93. The van der Waals surface area contributed by atoms with E-state index in [1.165, 1.54) is 0 Å². The van der Waals surface area contributed by atoms with E-state index in [4.69, 9.17) is 30.8 Å². The smallest absolute Gasteiger partial charge is 0.194 e. The molecule has 1 aromatic heterocycles. The Bertz CT molecular complexity index is 901. The number of nitrogens with one attached hydrogen (secondary N) is 1. The number of rotatable bonds is 5. The molecule has 3 heterocycles. The summed E-state index contributed by atoms with van der Waals surface area (Å²) in [7, 11) is 1.92. The van der Waals surface area contributed by atoms with Crippen LogP contribution in [0.2, 0.25) is 5.02 Å². The summed E-state index contributed by atoms with van der Waals surface area (Å²) in [4.78, 5) is 7.10. The number of hydrogen-bond acceptors (Lipinski definition) is 5. The molecule has 4 rings (SSSR count). The lowest BCUT2D eigenvalue weighted by atomic mass is 10.1. The zero-order chi connectivity index (χ0) is 20.9. The summed E-state index contributed by atoms with van der Waals surface area (Å²) in [5.74, 6) is 2.25. The zero-order valence-electron chi connectivity index (χ0n) is 17.4. The summed E-state index contributed by atoms with van der Waals surface area (Å²) in [5.41, 5.74) is 2.17. The average Bonchev–Trinajstić information content (AvgIpc) is 3.20. The molecule has 0 spiro atoms. The van der Waals surface area contributed by atoms with Crippen LogP contribution in [0.4, 0.5) is 0 Å². The summed E-state index contributed by atoms with van der Waals surface area (Å²) in [5, 5.41) is 8.26. The molecular formula is C21H28ClN5O3. The lowest BCUT2D eigenvalue weighted by Gasteiger charge is -2.34. The van der Waals surface area contributed by atoms with Gasteiger partial charge >= 0.3 is 0 Å². The minimum absolute atomic E-state index is 0.00657. The van der Waals surface area contributed by atoms with Crippen LogP contribution in [0.25, 0.3) is 0 Å². The van der Waals surface area contributed by atoms with Gasteiger partial charge in [0.1, 0.15) is 19.3 Å². The Morgan fingerprint density at radius 1 is 1.30 bits per heavy atom. The standard InChI is InChI=1S/C21H28ClN5O3/c1-3-23-21(27-6-7-28-19(14-27)16-12-25-26(2)13-16)24-5-4-15-10-17(22)20-18(11-15)29-8-9-30-20/h10-13,19H,3-9,14H2,1-2H3,(H,23,24). The van der Waals surface area contributed by atoms with Gasteiger partial charge in [-0.05, 0) is 31.0 Å². The second-order valence-electron chi connectivity index (χ2n) is 7.34. The Morgan fingerprint density at radius 3 is 2.97 bits per heavy atom. The predicted molar refractivity (Wildman–Crippen MR) is 116 cm³/mol. The normalized spacial score (nSPS) is 19.1. The molecule has 1 unspecified atom stereocenters. The van der Waals surface area contributed by atoms with Gasteiger partial charge in [0.15, 0.2) is 17.5 Å². The molecule has 1 N–H and O–H groups in total. The van der Waals surface area contributed by atoms with Gasteiger partial charge in [-0.3, -0.25) is 9.67 Å². The van der Waals surface area contributed by atoms with Crippen LogP contribution < -0.4 is 14.8 Å². The third-order valence-electron chi connectivity index (χ3n) is 5.12. The summed E-state index contributed by atoms with van der Waals surface area (Å²) < 4.78 is 19.0. The molecule has 2 aliphatic heterocycles. The number of morpholine rings is 1. The number of hydrogen-bond donors (Lipinski definition) is 1. The van der Waals surface area contributed by atoms with Crippen molar-refractivity contribution in [1.29, 1.82) is 0 Å². The van der Waals surface area contributed by atoms with Crippen LogP contribution in [-0.4, -0.2) is 66.6 Å². The number of guanidine groups is 1. The van der Waals surface area contributed by atoms with E-state index in [9.17, 15) is 0 Å². The first-order chi connectivity index (χ1) is 14.6. The topological polar surface area (TPSA) is 73.1 Å². The van der Waals surface area contributed by atoms with Gasteiger partial charge < -0.3 is 24.4 Å². The number of nitrogens with zero attached hydrogens (tertiary/aromatic N) is 4. The van der Waals surface area contributed by atoms with Crippen LogP contribution in [0, 0.1) is 0 Å². The number of aryl methyl sites for hydroxylation is 1. The maximum absolute atomic E-state index is 6.35. The SMILES string of the molecule is CCNC(=NCCc1cc(Cl)c2c(c1)OCCO2)N1CCOC(c2cnn(C)c2)C1. The third kappa shape index (κ3) is 4.82. The van der Waals surface area contributed by atoms with E-state index in [0.717, 1.165) is 43.1 Å². The Kier molecular flexibility index (Phi) is 6.64. The van der Waals surface area contributed by atoms with Crippen molar-refractivity contribution in [3.05, 3.63) is 40.7 Å². The van der Waals surface area contributed by atoms with Gasteiger partial charge in [0, 0.05) is 38.4 Å². The molecule has 0 radical (unpaired) electrons. The van der Waals surface area contributed by atoms with Gasteiger partial charge in [-0.2, -0.15) is 5.10 Å². The number of benzene rings is 1. The maximum Gasteiger partial charge on any atom is 0.194 e. The van der Waals surface area contributed by atoms with Crippen molar-refractivity contribution in [2.24, 2.45) is 12.0 Å². The van der Waals surface area contributed by atoms with Crippen molar-refractivity contribution in [2.75, 3.05) is 46.0 Å². The van der Waals surface area contributed by atoms with Crippen molar-refractivity contribution in [3.8, 4) is 11.5 Å². The van der Waals surface area contributed by atoms with Crippen LogP contribution in [0.1, 0.15) is 24.2 Å². The van der Waals surface area contributed by atoms with Crippen LogP contribution in [-0.2, 0) is 18.2 Å². The van der Waals surface area contributed by atoms with Gasteiger partial charge in [0.2, 0.25) is 0 Å². The van der Waals surface area contributed by atoms with Crippen LogP contribution in [0.15, 0.2) is 29.5 Å². The van der Waals surface area contributed by atoms with E-state index in [-0.39, 0.29) is 6.10 Å². The molecule has 0 bridgehead atoms. The molecule has 0 amide bonds. The van der Waals surface area contributed by atoms with E-state index in [2.05, 4.69) is 22.2 Å². The molecule has 8 nitrogen and oxygen atoms in total. The first-order valence-corrected chi connectivity index (χ1v) is 10.7. The number of aromatic nitrogens is 2. The molecule has 9 heteroatoms. The van der Waals surface area contributed by atoms with Gasteiger partial charge in [0.25, 0.3) is 0 Å². The van der Waals surface area contributed by atoms with E-state index >= 15 is 0 Å². The first-order valence-electron chi connectivity index (χ1n) is 10.4. The highest BCUT2D eigenvalue weighted by atomic mass is 35.5. The van der Waals surface area contributed by atoms with E-state index < -0.39 is 0 Å². The Hall–Kier alpha value is -2.45. The van der Waals surface area contributed by atoms with Crippen molar-refractivity contribution >= 4 is 17.6 Å². The number of ether oxygens (including phenoxy) is 3. The highest BCUT2D eigenvalue weighted by molar-refractivity contribution is 6.32. The lowest BCUT2D eigenvalue weighted by Crippen LogP contribution is -2.48. The van der Waals surface area contributed by atoms with Crippen LogP contribution in [0.5, 0.6) is 11.5 Å². The average molecular weight is 434 g/mol. The summed E-state index contributed by atoms with van der Waals surface area (Å²) in [6.07, 6.45) is 4.63. The fraction of sp³-hybridized carbons (Fsp3) is 0.524. The summed E-state index contributed by atoms with van der Waals surface area (Å²) >= 11 is 6.35.